The molecule has 0 aromatic heterocycles. The van der Waals surface area contributed by atoms with Gasteiger partial charge in [-0.05, 0) is 35.0 Å². The second kappa shape index (κ2) is 4.75. The maximum absolute atomic E-state index is 11.4. The summed E-state index contributed by atoms with van der Waals surface area (Å²) < 4.78 is 15.8. The van der Waals surface area contributed by atoms with E-state index in [2.05, 4.69) is 15.9 Å². The first-order chi connectivity index (χ1) is 8.17. The number of halogens is 1. The highest BCUT2D eigenvalue weighted by Crippen LogP contribution is 2.42. The molecule has 0 saturated heterocycles. The van der Waals surface area contributed by atoms with Gasteiger partial charge in [-0.15, -0.1) is 0 Å². The van der Waals surface area contributed by atoms with Gasteiger partial charge < -0.3 is 14.2 Å². The standard InChI is InChI=1S/C11H9BrO5/c1-2-15-10(14)11-16-7-4-3-6(5-13)8(12)9(7)17-11/h3-5,11H,2H2,1H3. The molecule has 0 bridgehead atoms. The van der Waals surface area contributed by atoms with Crippen LogP contribution in [0.3, 0.4) is 0 Å². The third-order valence-electron chi connectivity index (χ3n) is 2.16. The number of rotatable bonds is 3. The second-order valence-electron chi connectivity index (χ2n) is 3.23. The van der Waals surface area contributed by atoms with Gasteiger partial charge >= 0.3 is 12.3 Å². The van der Waals surface area contributed by atoms with E-state index in [-0.39, 0.29) is 6.61 Å². The van der Waals surface area contributed by atoms with Crippen LogP contribution in [0, 0.1) is 0 Å². The minimum atomic E-state index is -1.11. The lowest BCUT2D eigenvalue weighted by atomic mass is 10.2. The van der Waals surface area contributed by atoms with Crippen molar-refractivity contribution in [2.45, 2.75) is 13.2 Å². The maximum Gasteiger partial charge on any atom is 0.389 e. The van der Waals surface area contributed by atoms with E-state index in [9.17, 15) is 9.59 Å². The fraction of sp³-hybridized carbons (Fsp3) is 0.273. The van der Waals surface area contributed by atoms with Crippen LogP contribution < -0.4 is 9.47 Å². The van der Waals surface area contributed by atoms with Crippen LogP contribution >= 0.6 is 15.9 Å². The minimum absolute atomic E-state index is 0.249. The fourth-order valence-corrected chi connectivity index (χ4v) is 1.91. The van der Waals surface area contributed by atoms with Gasteiger partial charge in [0, 0.05) is 5.56 Å². The lowest BCUT2D eigenvalue weighted by Gasteiger charge is -2.08. The molecule has 1 atom stereocenters. The molecule has 0 spiro atoms. The Hall–Kier alpha value is -1.56. The number of benzene rings is 1. The summed E-state index contributed by atoms with van der Waals surface area (Å²) in [5, 5.41) is 0. The quantitative estimate of drug-likeness (QED) is 0.630. The summed E-state index contributed by atoms with van der Waals surface area (Å²) in [6, 6.07) is 3.15. The van der Waals surface area contributed by atoms with Crippen LogP contribution in [-0.4, -0.2) is 25.2 Å². The van der Waals surface area contributed by atoms with Crippen molar-refractivity contribution in [3.05, 3.63) is 22.2 Å². The van der Waals surface area contributed by atoms with Crippen LogP contribution in [0.2, 0.25) is 0 Å². The van der Waals surface area contributed by atoms with Crippen LogP contribution in [0.1, 0.15) is 17.3 Å². The third-order valence-corrected chi connectivity index (χ3v) is 2.97. The monoisotopic (exact) mass is 300 g/mol. The molecule has 1 unspecified atom stereocenters. The van der Waals surface area contributed by atoms with Gasteiger partial charge in [0.05, 0.1) is 11.1 Å². The Balaban J connectivity index is 2.25. The zero-order valence-corrected chi connectivity index (χ0v) is 10.5. The van der Waals surface area contributed by atoms with Crippen LogP contribution in [0.5, 0.6) is 11.5 Å². The maximum atomic E-state index is 11.4. The van der Waals surface area contributed by atoms with E-state index in [0.29, 0.717) is 27.8 Å². The first-order valence-corrected chi connectivity index (χ1v) is 5.74. The normalized spacial score (nSPS) is 16.7. The van der Waals surface area contributed by atoms with Crippen LogP contribution in [0.25, 0.3) is 0 Å². The lowest BCUT2D eigenvalue weighted by molar-refractivity contribution is -0.161. The van der Waals surface area contributed by atoms with E-state index >= 15 is 0 Å². The number of carbonyl (C=O) groups excluding carboxylic acids is 2. The predicted molar refractivity (Wildman–Crippen MR) is 61.2 cm³/mol. The van der Waals surface area contributed by atoms with Crippen molar-refractivity contribution in [3.8, 4) is 11.5 Å². The SMILES string of the molecule is CCOC(=O)C1Oc2ccc(C=O)c(Br)c2O1. The summed E-state index contributed by atoms with van der Waals surface area (Å²) >= 11 is 3.22. The highest BCUT2D eigenvalue weighted by molar-refractivity contribution is 9.10. The molecule has 0 radical (unpaired) electrons. The van der Waals surface area contributed by atoms with E-state index in [1.165, 1.54) is 0 Å². The zero-order valence-electron chi connectivity index (χ0n) is 8.94. The third kappa shape index (κ3) is 2.12. The van der Waals surface area contributed by atoms with Crippen LogP contribution in [0.15, 0.2) is 16.6 Å². The average molecular weight is 301 g/mol. The van der Waals surface area contributed by atoms with Gasteiger partial charge in [-0.25, -0.2) is 4.79 Å². The van der Waals surface area contributed by atoms with Crippen LogP contribution in [-0.2, 0) is 9.53 Å². The number of carbonyl (C=O) groups is 2. The highest BCUT2D eigenvalue weighted by Gasteiger charge is 2.34. The van der Waals surface area contributed by atoms with E-state index < -0.39 is 12.3 Å². The molecule has 1 heterocycles. The van der Waals surface area contributed by atoms with Crippen molar-refractivity contribution < 1.29 is 23.8 Å². The number of hydrogen-bond acceptors (Lipinski definition) is 5. The molecule has 0 saturated carbocycles. The molecule has 0 N–H and O–H groups in total. The Kier molecular flexibility index (Phi) is 3.33. The van der Waals surface area contributed by atoms with Crippen molar-refractivity contribution in [1.29, 1.82) is 0 Å². The average Bonchev–Trinajstić information content (AvgIpc) is 2.75. The number of aldehydes is 1. The van der Waals surface area contributed by atoms with Gasteiger partial charge in [-0.3, -0.25) is 4.79 Å². The van der Waals surface area contributed by atoms with E-state index in [0.717, 1.165) is 0 Å². The number of fused-ring (bicyclic) bond motifs is 1. The molecule has 0 aliphatic carbocycles. The van der Waals surface area contributed by atoms with Crippen molar-refractivity contribution in [3.63, 3.8) is 0 Å². The summed E-state index contributed by atoms with van der Waals surface area (Å²) in [5.41, 5.74) is 0.428. The number of esters is 1. The molecule has 5 nitrogen and oxygen atoms in total. The molecule has 1 aromatic carbocycles. The van der Waals surface area contributed by atoms with Crippen LogP contribution in [0.4, 0.5) is 0 Å². The van der Waals surface area contributed by atoms with Gasteiger partial charge in [0.2, 0.25) is 0 Å². The molecule has 1 aliphatic heterocycles. The largest absolute Gasteiger partial charge is 0.460 e. The molecule has 1 aliphatic rings. The molecular weight excluding hydrogens is 292 g/mol. The van der Waals surface area contributed by atoms with E-state index in [1.54, 1.807) is 19.1 Å². The van der Waals surface area contributed by atoms with Crippen molar-refractivity contribution in [1.82, 2.24) is 0 Å². The van der Waals surface area contributed by atoms with Crippen molar-refractivity contribution in [2.24, 2.45) is 0 Å². The molecule has 90 valence electrons. The first-order valence-electron chi connectivity index (χ1n) is 4.95. The molecule has 6 heteroatoms. The second-order valence-corrected chi connectivity index (χ2v) is 4.03. The minimum Gasteiger partial charge on any atom is -0.460 e. The zero-order chi connectivity index (χ0) is 12.4. The number of ether oxygens (including phenoxy) is 3. The summed E-state index contributed by atoms with van der Waals surface area (Å²) in [4.78, 5) is 22.1. The van der Waals surface area contributed by atoms with E-state index in [4.69, 9.17) is 14.2 Å². The summed E-state index contributed by atoms with van der Waals surface area (Å²) in [5.74, 6) is 0.149. The number of hydrogen-bond donors (Lipinski definition) is 0. The Morgan fingerprint density at radius 3 is 2.94 bits per heavy atom. The van der Waals surface area contributed by atoms with E-state index in [1.807, 2.05) is 0 Å². The summed E-state index contributed by atoms with van der Waals surface area (Å²) in [7, 11) is 0. The Bertz CT molecular complexity index is 471. The van der Waals surface area contributed by atoms with Gasteiger partial charge in [0.25, 0.3) is 0 Å². The molecule has 17 heavy (non-hydrogen) atoms. The summed E-state index contributed by atoms with van der Waals surface area (Å²) in [6.07, 6.45) is -0.422. The van der Waals surface area contributed by atoms with Gasteiger partial charge in [0.1, 0.15) is 0 Å². The Morgan fingerprint density at radius 1 is 1.53 bits per heavy atom. The van der Waals surface area contributed by atoms with Gasteiger partial charge in [0.15, 0.2) is 17.8 Å². The van der Waals surface area contributed by atoms with Crippen molar-refractivity contribution in [2.75, 3.05) is 6.61 Å². The van der Waals surface area contributed by atoms with Gasteiger partial charge in [-0.1, -0.05) is 0 Å². The van der Waals surface area contributed by atoms with Crippen molar-refractivity contribution >= 4 is 28.2 Å². The molecule has 0 amide bonds. The molecular formula is C11H9BrO5. The van der Waals surface area contributed by atoms with Gasteiger partial charge in [-0.2, -0.15) is 0 Å². The fourth-order valence-electron chi connectivity index (χ4n) is 1.40. The highest BCUT2D eigenvalue weighted by atomic mass is 79.9. The lowest BCUT2D eigenvalue weighted by Crippen LogP contribution is -2.30. The molecule has 0 fully saturated rings. The molecule has 1 aromatic rings. The topological polar surface area (TPSA) is 61.8 Å². The smallest absolute Gasteiger partial charge is 0.389 e. The Labute approximate surface area is 106 Å². The Morgan fingerprint density at radius 2 is 2.29 bits per heavy atom. The predicted octanol–water partition coefficient (Wildman–Crippen LogP) is 1.92. The first kappa shape index (κ1) is 11.9. The summed E-state index contributed by atoms with van der Waals surface area (Å²) in [6.45, 7) is 1.94. The molecule has 2 rings (SSSR count).